The Morgan fingerprint density at radius 1 is 0.412 bits per heavy atom. The quantitative estimate of drug-likeness (QED) is 0.0277. The molecule has 2 aliphatic rings. The van der Waals surface area contributed by atoms with Gasteiger partial charge in [0, 0.05) is 32.4 Å². The highest BCUT2D eigenvalue weighted by molar-refractivity contribution is 6.00. The van der Waals surface area contributed by atoms with Crippen LogP contribution in [0.1, 0.15) is 97.8 Å². The molecule has 12 amide bonds. The zero-order valence-electron chi connectivity index (χ0n) is 46.3. The van der Waals surface area contributed by atoms with Crippen molar-refractivity contribution in [2.45, 2.75) is 158 Å². The van der Waals surface area contributed by atoms with Crippen molar-refractivity contribution >= 4 is 107 Å². The standard InChI is InChI=1S/C48H71N13O24/c1-21(39(75)50-19-31(62)55-27(16-37(71)72)45(81)58-26(48(84)85)10-13-36(69)70)52-42(78)24(8-11-34(65)66)57-43(79)25(9-12-35(67)68)56-41(77)23(3)53-44(80)28(17-38(73)74)59-47(83)30-7-5-15-61(30)33(64)20-51-40(76)22(2)54-46(82)29-6-4-14-60(29)32(63)18-49/h21-30H,4-20,49H2,1-3H3,(H,50,75)(H,51,76)(H,52,78)(H,53,80)(H,54,82)(H,55,62)(H,56,77)(H,57,79)(H,58,81)(H,59,83)(H,65,66)(H,67,68)(H,69,70)(H,71,72)(H,73,74)(H,84,85)/t21-,22-,23-,24-,25-,26-,27-,28-,29-,30-/m0/s1. The molecule has 0 aromatic rings. The zero-order chi connectivity index (χ0) is 64.4. The molecule has 2 rings (SSSR count). The van der Waals surface area contributed by atoms with Crippen LogP contribution in [-0.2, 0) is 86.3 Å². The van der Waals surface area contributed by atoms with Crippen LogP contribution in [0.5, 0.6) is 0 Å². The normalized spacial score (nSPS) is 17.2. The third kappa shape index (κ3) is 24.8. The number of carbonyl (C=O) groups is 18. The van der Waals surface area contributed by atoms with E-state index in [4.69, 9.17) is 10.8 Å². The van der Waals surface area contributed by atoms with Crippen LogP contribution < -0.4 is 58.9 Å². The van der Waals surface area contributed by atoms with E-state index in [1.807, 2.05) is 10.6 Å². The molecule has 0 aliphatic carbocycles. The fraction of sp³-hybridized carbons (Fsp3) is 0.625. The summed E-state index contributed by atoms with van der Waals surface area (Å²) in [6, 6.07) is -16.0. The van der Waals surface area contributed by atoms with Gasteiger partial charge in [0.1, 0.15) is 60.4 Å². The van der Waals surface area contributed by atoms with Gasteiger partial charge in [0.25, 0.3) is 0 Å². The minimum absolute atomic E-state index is 0.00643. The van der Waals surface area contributed by atoms with E-state index in [1.54, 1.807) is 0 Å². The largest absolute Gasteiger partial charge is 0.481 e. The summed E-state index contributed by atoms with van der Waals surface area (Å²) in [5.74, 6) is -21.7. The Morgan fingerprint density at radius 2 is 0.776 bits per heavy atom. The Morgan fingerprint density at radius 3 is 1.24 bits per heavy atom. The van der Waals surface area contributed by atoms with Gasteiger partial charge in [-0.2, -0.15) is 0 Å². The lowest BCUT2D eigenvalue weighted by Crippen LogP contribution is -2.59. The van der Waals surface area contributed by atoms with Gasteiger partial charge < -0.3 is 99.3 Å². The number of hydrogen-bond acceptors (Lipinski definition) is 19. The monoisotopic (exact) mass is 1210 g/mol. The van der Waals surface area contributed by atoms with E-state index in [1.165, 1.54) is 11.8 Å². The average molecular weight is 1210 g/mol. The molecule has 18 N–H and O–H groups in total. The average Bonchev–Trinajstić information content (AvgIpc) is 3.98. The van der Waals surface area contributed by atoms with Gasteiger partial charge in [-0.25, -0.2) is 4.79 Å². The van der Waals surface area contributed by atoms with Crippen LogP contribution in [-0.4, -0.2) is 240 Å². The predicted molar refractivity (Wildman–Crippen MR) is 280 cm³/mol. The molecule has 2 aliphatic heterocycles. The van der Waals surface area contributed by atoms with Gasteiger partial charge >= 0.3 is 35.8 Å². The topological polar surface area (TPSA) is 581 Å². The maximum atomic E-state index is 13.7. The van der Waals surface area contributed by atoms with Gasteiger partial charge in [-0.1, -0.05) is 0 Å². The highest BCUT2D eigenvalue weighted by atomic mass is 16.4. The summed E-state index contributed by atoms with van der Waals surface area (Å²) >= 11 is 0. The molecular weight excluding hydrogens is 1140 g/mol. The molecule has 472 valence electrons. The molecule has 37 nitrogen and oxygen atoms in total. The zero-order valence-corrected chi connectivity index (χ0v) is 46.3. The summed E-state index contributed by atoms with van der Waals surface area (Å²) in [6.07, 6.45) is -5.36. The second kappa shape index (κ2) is 34.8. The Bertz CT molecular complexity index is 2580. The van der Waals surface area contributed by atoms with Crippen molar-refractivity contribution in [3.8, 4) is 0 Å². The fourth-order valence-electron chi connectivity index (χ4n) is 8.39. The van der Waals surface area contributed by atoms with Gasteiger partial charge in [-0.3, -0.25) is 81.5 Å². The number of carboxylic acids is 6. The van der Waals surface area contributed by atoms with Gasteiger partial charge in [0.2, 0.25) is 70.9 Å². The van der Waals surface area contributed by atoms with Gasteiger partial charge in [-0.15, -0.1) is 0 Å². The molecule has 0 aromatic carbocycles. The van der Waals surface area contributed by atoms with E-state index >= 15 is 0 Å². The first-order valence-electron chi connectivity index (χ1n) is 26.3. The molecule has 2 fully saturated rings. The summed E-state index contributed by atoms with van der Waals surface area (Å²) in [7, 11) is 0. The van der Waals surface area contributed by atoms with Crippen molar-refractivity contribution in [1.29, 1.82) is 0 Å². The summed E-state index contributed by atoms with van der Waals surface area (Å²) in [5, 5.41) is 77.4. The van der Waals surface area contributed by atoms with Crippen LogP contribution in [0.4, 0.5) is 0 Å². The Kier molecular flexibility index (Phi) is 29.3. The van der Waals surface area contributed by atoms with Crippen LogP contribution in [0.2, 0.25) is 0 Å². The molecule has 2 saturated heterocycles. The molecule has 0 aromatic heterocycles. The number of aliphatic carboxylic acids is 6. The van der Waals surface area contributed by atoms with Crippen LogP contribution in [0.3, 0.4) is 0 Å². The molecule has 2 heterocycles. The fourth-order valence-corrected chi connectivity index (χ4v) is 8.39. The predicted octanol–water partition coefficient (Wildman–Crippen LogP) is -8.27. The molecule has 0 bridgehead atoms. The van der Waals surface area contributed by atoms with E-state index in [0.29, 0.717) is 19.4 Å². The number of rotatable bonds is 36. The molecule has 0 spiro atoms. The summed E-state index contributed by atoms with van der Waals surface area (Å²) in [6.45, 7) is 1.74. The van der Waals surface area contributed by atoms with E-state index in [-0.39, 0.29) is 25.9 Å². The Balaban J connectivity index is 2.12. The number of likely N-dealkylation sites (tertiary alicyclic amines) is 2. The van der Waals surface area contributed by atoms with Crippen molar-refractivity contribution < 1.29 is 117 Å². The van der Waals surface area contributed by atoms with E-state index in [2.05, 4.69) is 42.5 Å². The minimum atomic E-state index is -1.94. The van der Waals surface area contributed by atoms with Gasteiger partial charge in [0.05, 0.1) is 32.5 Å². The molecule has 85 heavy (non-hydrogen) atoms. The SMILES string of the molecule is C[C@H](NC(=O)[C@H](CCC(=O)O)NC(=O)[C@H](CCC(=O)O)NC(=O)[C@H](C)NC(=O)[C@H](CC(=O)O)NC(=O)[C@@H]1CCCN1C(=O)CNC(=O)[C@H](C)NC(=O)[C@@H]1CCCN1C(=O)CN)C(=O)NCC(=O)N[C@@H](CC(=O)O)C(=O)N[C@@H](CCC(=O)O)C(=O)O. The number of hydrogen-bond donors (Lipinski definition) is 17. The number of carboxylic acid groups (broad SMARTS) is 6. The summed E-state index contributed by atoms with van der Waals surface area (Å²) in [5.41, 5.74) is 5.43. The molecule has 0 unspecified atom stereocenters. The first kappa shape index (κ1) is 71.5. The van der Waals surface area contributed by atoms with Crippen LogP contribution in [0.25, 0.3) is 0 Å². The van der Waals surface area contributed by atoms with Crippen molar-refractivity contribution in [3.63, 3.8) is 0 Å². The first-order chi connectivity index (χ1) is 39.8. The third-order valence-electron chi connectivity index (χ3n) is 12.9. The molecule has 10 atom stereocenters. The number of carbonyl (C=O) groups excluding carboxylic acids is 12. The summed E-state index contributed by atoms with van der Waals surface area (Å²) < 4.78 is 0. The molecular formula is C48H71N13O24. The lowest BCUT2D eigenvalue weighted by Gasteiger charge is -2.27. The van der Waals surface area contributed by atoms with Crippen LogP contribution in [0.15, 0.2) is 0 Å². The smallest absolute Gasteiger partial charge is 0.326 e. The second-order valence-corrected chi connectivity index (χ2v) is 19.5. The van der Waals surface area contributed by atoms with Crippen molar-refractivity contribution in [3.05, 3.63) is 0 Å². The maximum Gasteiger partial charge on any atom is 0.326 e. The van der Waals surface area contributed by atoms with E-state index in [0.717, 1.165) is 18.7 Å². The lowest BCUT2D eigenvalue weighted by molar-refractivity contribution is -0.144. The van der Waals surface area contributed by atoms with E-state index in [9.17, 15) is 112 Å². The maximum absolute atomic E-state index is 13.7. The van der Waals surface area contributed by atoms with Gasteiger partial charge in [0.15, 0.2) is 0 Å². The van der Waals surface area contributed by atoms with Crippen LogP contribution >= 0.6 is 0 Å². The lowest BCUT2D eigenvalue weighted by atomic mass is 10.1. The Hall–Kier alpha value is -9.58. The van der Waals surface area contributed by atoms with E-state index < -0.39 is 232 Å². The minimum Gasteiger partial charge on any atom is -0.481 e. The second-order valence-electron chi connectivity index (χ2n) is 19.5. The Labute approximate surface area is 482 Å². The highest BCUT2D eigenvalue weighted by Crippen LogP contribution is 2.19. The summed E-state index contributed by atoms with van der Waals surface area (Å²) in [4.78, 5) is 228. The molecule has 37 heteroatoms. The number of nitrogens with zero attached hydrogens (tertiary/aromatic N) is 2. The van der Waals surface area contributed by atoms with Crippen LogP contribution in [0, 0.1) is 0 Å². The highest BCUT2D eigenvalue weighted by Gasteiger charge is 2.39. The number of amides is 12. The van der Waals surface area contributed by atoms with Crippen molar-refractivity contribution in [2.24, 2.45) is 5.73 Å². The molecule has 0 radical (unpaired) electrons. The number of nitrogens with one attached hydrogen (secondary N) is 10. The van der Waals surface area contributed by atoms with Crippen molar-refractivity contribution in [2.75, 3.05) is 32.7 Å². The first-order valence-corrected chi connectivity index (χ1v) is 26.3. The molecule has 0 saturated carbocycles. The van der Waals surface area contributed by atoms with Gasteiger partial charge in [-0.05, 0) is 65.7 Å². The van der Waals surface area contributed by atoms with Crippen molar-refractivity contribution in [1.82, 2.24) is 63.0 Å². The number of nitrogens with two attached hydrogens (primary N) is 1. The third-order valence-corrected chi connectivity index (χ3v) is 12.9.